The fourth-order valence-corrected chi connectivity index (χ4v) is 2.97. The van der Waals surface area contributed by atoms with Crippen molar-refractivity contribution < 1.29 is 14.3 Å². The highest BCUT2D eigenvalue weighted by Gasteiger charge is 2.25. The summed E-state index contributed by atoms with van der Waals surface area (Å²) in [6.45, 7) is 1.99. The summed E-state index contributed by atoms with van der Waals surface area (Å²) in [6.07, 6.45) is 0.516. The maximum Gasteiger partial charge on any atom is 0.411 e. The number of ether oxygens (including phenoxy) is 2. The van der Waals surface area contributed by atoms with E-state index < -0.39 is 6.09 Å². The van der Waals surface area contributed by atoms with Crippen LogP contribution < -0.4 is 26.2 Å². The Bertz CT molecular complexity index is 764. The Hall–Kier alpha value is -2.77. The van der Waals surface area contributed by atoms with E-state index >= 15 is 0 Å². The van der Waals surface area contributed by atoms with E-state index in [4.69, 9.17) is 4.74 Å². The first-order valence-corrected chi connectivity index (χ1v) is 8.46. The first-order chi connectivity index (χ1) is 12.6. The van der Waals surface area contributed by atoms with Crippen LogP contribution in [0.1, 0.15) is 23.6 Å². The van der Waals surface area contributed by atoms with E-state index in [1.54, 1.807) is 7.11 Å². The fourth-order valence-electron chi connectivity index (χ4n) is 2.97. The lowest BCUT2D eigenvalue weighted by Crippen LogP contribution is -2.36. The molecule has 1 aliphatic heterocycles. The summed E-state index contributed by atoms with van der Waals surface area (Å²) in [5, 5.41) is 6.15. The predicted octanol–water partition coefficient (Wildman–Crippen LogP) is 3.16. The van der Waals surface area contributed by atoms with Crippen LogP contribution in [-0.2, 0) is 4.74 Å². The number of aryl methyl sites for hydroxylation is 1. The van der Waals surface area contributed by atoms with Crippen molar-refractivity contribution in [1.29, 1.82) is 0 Å². The Balaban J connectivity index is 1.60. The van der Waals surface area contributed by atoms with Gasteiger partial charge in [-0.3, -0.25) is 5.32 Å². The number of carbonyl (C=O) groups is 1. The monoisotopic (exact) mass is 356 g/mol. The molecule has 0 saturated carbocycles. The summed E-state index contributed by atoms with van der Waals surface area (Å²) < 4.78 is 9.81. The molecule has 2 aromatic rings. The summed E-state index contributed by atoms with van der Waals surface area (Å²) >= 11 is 0. The molecule has 0 spiro atoms. The molecule has 1 aliphatic rings. The summed E-state index contributed by atoms with van der Waals surface area (Å²) in [6, 6.07) is 14.0. The van der Waals surface area contributed by atoms with Gasteiger partial charge < -0.3 is 14.8 Å². The number of hydrazine groups is 1. The van der Waals surface area contributed by atoms with E-state index in [1.165, 1.54) is 12.7 Å². The van der Waals surface area contributed by atoms with Crippen LogP contribution in [0.5, 0.6) is 5.75 Å². The molecule has 1 fully saturated rings. The van der Waals surface area contributed by atoms with E-state index in [0.717, 1.165) is 23.4 Å². The van der Waals surface area contributed by atoms with Gasteiger partial charge in [0, 0.05) is 23.8 Å². The van der Waals surface area contributed by atoms with Crippen LogP contribution in [-0.4, -0.2) is 26.5 Å². The predicted molar refractivity (Wildman–Crippen MR) is 101 cm³/mol. The minimum Gasteiger partial charge on any atom is -0.497 e. The molecule has 7 heteroatoms. The molecule has 4 N–H and O–H groups in total. The van der Waals surface area contributed by atoms with E-state index in [-0.39, 0.29) is 12.2 Å². The van der Waals surface area contributed by atoms with Crippen molar-refractivity contribution in [2.75, 3.05) is 24.9 Å². The van der Waals surface area contributed by atoms with E-state index in [9.17, 15) is 4.79 Å². The Morgan fingerprint density at radius 3 is 2.54 bits per heavy atom. The van der Waals surface area contributed by atoms with Gasteiger partial charge in [-0.05, 0) is 48.4 Å². The first-order valence-electron chi connectivity index (χ1n) is 8.46. The molecule has 0 aliphatic carbocycles. The highest BCUT2D eigenvalue weighted by atomic mass is 16.5. The molecular formula is C19H24N4O3. The van der Waals surface area contributed by atoms with Gasteiger partial charge in [0.2, 0.25) is 0 Å². The van der Waals surface area contributed by atoms with Gasteiger partial charge in [0.05, 0.1) is 20.4 Å². The van der Waals surface area contributed by atoms with Gasteiger partial charge in [0.15, 0.2) is 0 Å². The number of hydrogen-bond donors (Lipinski definition) is 4. The second-order valence-corrected chi connectivity index (χ2v) is 6.19. The third kappa shape index (κ3) is 4.25. The smallest absolute Gasteiger partial charge is 0.411 e. The molecule has 0 aromatic heterocycles. The lowest BCUT2D eigenvalue weighted by atomic mass is 10.0. The fraction of sp³-hybridized carbons (Fsp3) is 0.316. The first kappa shape index (κ1) is 18.0. The highest BCUT2D eigenvalue weighted by Crippen LogP contribution is 2.26. The second kappa shape index (κ2) is 8.07. The zero-order chi connectivity index (χ0) is 18.5. The zero-order valence-electron chi connectivity index (χ0n) is 15.1. The summed E-state index contributed by atoms with van der Waals surface area (Å²) in [4.78, 5) is 11.3. The normalized spacial score (nSPS) is 19.0. The number of amides is 1. The lowest BCUT2D eigenvalue weighted by molar-refractivity contribution is 0.187. The molecule has 3 rings (SSSR count). The topological polar surface area (TPSA) is 83.7 Å². The van der Waals surface area contributed by atoms with Crippen molar-refractivity contribution in [3.8, 4) is 5.75 Å². The molecule has 26 heavy (non-hydrogen) atoms. The standard InChI is InChI=1S/C19H24N4O3/c1-12-10-14(20-19(24)26-3)6-9-16(12)21-18-11-17(22-23-18)13-4-7-15(25-2)8-5-13/h4-10,17-18,21-23H,11H2,1-3H3,(H,20,24). The van der Waals surface area contributed by atoms with Crippen molar-refractivity contribution in [3.63, 3.8) is 0 Å². The molecule has 1 saturated heterocycles. The molecule has 2 aromatic carbocycles. The average molecular weight is 356 g/mol. The highest BCUT2D eigenvalue weighted by molar-refractivity contribution is 5.85. The average Bonchev–Trinajstić information content (AvgIpc) is 3.12. The molecule has 7 nitrogen and oxygen atoms in total. The molecule has 2 unspecified atom stereocenters. The Morgan fingerprint density at radius 2 is 1.88 bits per heavy atom. The molecule has 0 bridgehead atoms. The van der Waals surface area contributed by atoms with Gasteiger partial charge in [0.1, 0.15) is 5.75 Å². The van der Waals surface area contributed by atoms with Crippen LogP contribution in [0.2, 0.25) is 0 Å². The maximum atomic E-state index is 11.3. The van der Waals surface area contributed by atoms with Crippen LogP contribution in [0.3, 0.4) is 0 Å². The van der Waals surface area contributed by atoms with Gasteiger partial charge in [-0.15, -0.1) is 0 Å². The van der Waals surface area contributed by atoms with E-state index in [1.807, 2.05) is 37.3 Å². The number of nitrogens with one attached hydrogen (secondary N) is 4. The number of benzene rings is 2. The van der Waals surface area contributed by atoms with Crippen molar-refractivity contribution >= 4 is 17.5 Å². The number of anilines is 2. The number of rotatable bonds is 5. The lowest BCUT2D eigenvalue weighted by Gasteiger charge is -2.16. The minimum absolute atomic E-state index is 0.0974. The molecule has 1 amide bonds. The van der Waals surface area contributed by atoms with Gasteiger partial charge >= 0.3 is 6.09 Å². The van der Waals surface area contributed by atoms with Crippen LogP contribution in [0.15, 0.2) is 42.5 Å². The summed E-state index contributed by atoms with van der Waals surface area (Å²) in [5.41, 5.74) is 10.6. The quantitative estimate of drug-likeness (QED) is 0.659. The van der Waals surface area contributed by atoms with Crippen LogP contribution in [0.25, 0.3) is 0 Å². The SMILES string of the molecule is COC(=O)Nc1ccc(NC2CC(c3ccc(OC)cc3)NN2)c(C)c1. The Kier molecular flexibility index (Phi) is 5.60. The molecule has 138 valence electrons. The third-order valence-electron chi connectivity index (χ3n) is 4.41. The van der Waals surface area contributed by atoms with E-state index in [2.05, 4.69) is 38.4 Å². The number of hydrogen-bond acceptors (Lipinski definition) is 6. The molecule has 1 heterocycles. The third-order valence-corrected chi connectivity index (χ3v) is 4.41. The van der Waals surface area contributed by atoms with Gasteiger partial charge in [-0.2, -0.15) is 0 Å². The van der Waals surface area contributed by atoms with Gasteiger partial charge in [-0.25, -0.2) is 15.6 Å². The van der Waals surface area contributed by atoms with Crippen LogP contribution >= 0.6 is 0 Å². The number of carbonyl (C=O) groups excluding carboxylic acids is 1. The minimum atomic E-state index is -0.478. The Morgan fingerprint density at radius 1 is 1.12 bits per heavy atom. The molecule has 2 atom stereocenters. The van der Waals surface area contributed by atoms with Crippen LogP contribution in [0.4, 0.5) is 16.2 Å². The van der Waals surface area contributed by atoms with E-state index in [0.29, 0.717) is 5.69 Å². The maximum absolute atomic E-state index is 11.3. The second-order valence-electron chi connectivity index (χ2n) is 6.19. The van der Waals surface area contributed by atoms with Gasteiger partial charge in [0.25, 0.3) is 0 Å². The van der Waals surface area contributed by atoms with Crippen molar-refractivity contribution in [1.82, 2.24) is 10.9 Å². The molecule has 0 radical (unpaired) electrons. The van der Waals surface area contributed by atoms with Crippen LogP contribution in [0, 0.1) is 6.92 Å². The Labute approximate surface area is 153 Å². The summed E-state index contributed by atoms with van der Waals surface area (Å²) in [7, 11) is 3.01. The molecular weight excluding hydrogens is 332 g/mol. The zero-order valence-corrected chi connectivity index (χ0v) is 15.1. The van der Waals surface area contributed by atoms with Gasteiger partial charge in [-0.1, -0.05) is 12.1 Å². The largest absolute Gasteiger partial charge is 0.497 e. The van der Waals surface area contributed by atoms with Crippen molar-refractivity contribution in [2.24, 2.45) is 0 Å². The summed E-state index contributed by atoms with van der Waals surface area (Å²) in [5.74, 6) is 0.852. The number of methoxy groups -OCH3 is 2. The van der Waals surface area contributed by atoms with Crippen molar-refractivity contribution in [3.05, 3.63) is 53.6 Å². The van der Waals surface area contributed by atoms with Crippen molar-refractivity contribution in [2.45, 2.75) is 25.6 Å².